The number of ether oxygens (including phenoxy) is 1. The predicted octanol–water partition coefficient (Wildman–Crippen LogP) is 3.08. The van der Waals surface area contributed by atoms with Crippen molar-refractivity contribution in [3.63, 3.8) is 0 Å². The van der Waals surface area contributed by atoms with E-state index in [1.165, 1.54) is 45.4 Å². The Bertz CT molecular complexity index is 323. The minimum absolute atomic E-state index is 0.124. The Balaban J connectivity index is 1.78. The van der Waals surface area contributed by atoms with Crippen LogP contribution in [0.4, 0.5) is 0 Å². The monoisotopic (exact) mass is 220 g/mol. The Kier molecular flexibility index (Phi) is 2.17. The number of allylic oxidation sites excluding steroid dienone is 2. The SMILES string of the molecule is CC(=O)OCC1[C@@]23CC=CC[C@]12CCCC3. The van der Waals surface area contributed by atoms with Gasteiger partial charge in [0.15, 0.2) is 0 Å². The average Bonchev–Trinajstić information content (AvgIpc) is 2.89. The minimum Gasteiger partial charge on any atom is -0.466 e. The highest BCUT2D eigenvalue weighted by Gasteiger charge is 2.75. The van der Waals surface area contributed by atoms with Gasteiger partial charge in [0.25, 0.3) is 0 Å². The standard InChI is InChI=1S/C14H20O2/c1-11(15)16-10-12-13-6-2-3-7-14(12,13)9-5-4-8-13/h2-3,12H,4-10H2,1H3/t13-,14-/m0/s1. The minimum atomic E-state index is -0.124. The number of hydrogen-bond acceptors (Lipinski definition) is 2. The van der Waals surface area contributed by atoms with Crippen LogP contribution in [0.15, 0.2) is 12.2 Å². The van der Waals surface area contributed by atoms with Crippen molar-refractivity contribution in [2.45, 2.75) is 45.4 Å². The lowest BCUT2D eigenvalue weighted by Crippen LogP contribution is -2.20. The van der Waals surface area contributed by atoms with Crippen molar-refractivity contribution in [2.24, 2.45) is 16.7 Å². The first-order chi connectivity index (χ1) is 7.71. The molecule has 16 heavy (non-hydrogen) atoms. The molecule has 2 heteroatoms. The first-order valence-electron chi connectivity index (χ1n) is 6.50. The fraction of sp³-hybridized carbons (Fsp3) is 0.786. The maximum Gasteiger partial charge on any atom is 0.302 e. The van der Waals surface area contributed by atoms with E-state index in [9.17, 15) is 4.79 Å². The Morgan fingerprint density at radius 1 is 1.25 bits per heavy atom. The van der Waals surface area contributed by atoms with Crippen LogP contribution in [0.25, 0.3) is 0 Å². The molecule has 0 N–H and O–H groups in total. The summed E-state index contributed by atoms with van der Waals surface area (Å²) in [6.45, 7) is 2.18. The van der Waals surface area contributed by atoms with Gasteiger partial charge in [-0.3, -0.25) is 4.79 Å². The third-order valence-electron chi connectivity index (χ3n) is 5.32. The molecule has 0 aromatic heterocycles. The molecule has 88 valence electrons. The molecule has 3 aliphatic carbocycles. The molecule has 0 spiro atoms. The molecule has 2 saturated carbocycles. The Morgan fingerprint density at radius 3 is 2.31 bits per heavy atom. The van der Waals surface area contributed by atoms with Crippen LogP contribution in [0, 0.1) is 16.7 Å². The van der Waals surface area contributed by atoms with E-state index in [2.05, 4.69) is 12.2 Å². The topological polar surface area (TPSA) is 26.3 Å². The predicted molar refractivity (Wildman–Crippen MR) is 61.8 cm³/mol. The van der Waals surface area contributed by atoms with Gasteiger partial charge in [0.2, 0.25) is 0 Å². The molecule has 3 rings (SSSR count). The second-order valence-electron chi connectivity index (χ2n) is 5.75. The van der Waals surface area contributed by atoms with Gasteiger partial charge < -0.3 is 4.74 Å². The maximum absolute atomic E-state index is 10.9. The van der Waals surface area contributed by atoms with Crippen LogP contribution < -0.4 is 0 Å². The van der Waals surface area contributed by atoms with Crippen molar-refractivity contribution in [1.29, 1.82) is 0 Å². The summed E-state index contributed by atoms with van der Waals surface area (Å²) in [7, 11) is 0. The second-order valence-corrected chi connectivity index (χ2v) is 5.75. The molecule has 0 saturated heterocycles. The van der Waals surface area contributed by atoms with Crippen LogP contribution in [0.3, 0.4) is 0 Å². The van der Waals surface area contributed by atoms with Crippen LogP contribution in [0.2, 0.25) is 0 Å². The number of carbonyl (C=O) groups is 1. The third kappa shape index (κ3) is 1.16. The van der Waals surface area contributed by atoms with E-state index in [0.29, 0.717) is 23.4 Å². The summed E-state index contributed by atoms with van der Waals surface area (Å²) >= 11 is 0. The molecular weight excluding hydrogens is 200 g/mol. The van der Waals surface area contributed by atoms with E-state index in [1.807, 2.05) is 0 Å². The summed E-state index contributed by atoms with van der Waals surface area (Å²) in [5.41, 5.74) is 1.02. The molecular formula is C14H20O2. The van der Waals surface area contributed by atoms with E-state index >= 15 is 0 Å². The zero-order chi connectivity index (χ0) is 11.2. The summed E-state index contributed by atoms with van der Waals surface area (Å²) in [4.78, 5) is 10.9. The van der Waals surface area contributed by atoms with Crippen molar-refractivity contribution < 1.29 is 9.53 Å². The van der Waals surface area contributed by atoms with Gasteiger partial charge in [0.1, 0.15) is 0 Å². The summed E-state index contributed by atoms with van der Waals surface area (Å²) in [6.07, 6.45) is 12.6. The second kappa shape index (κ2) is 3.35. The molecule has 3 aliphatic rings. The Morgan fingerprint density at radius 2 is 1.81 bits per heavy atom. The average molecular weight is 220 g/mol. The van der Waals surface area contributed by atoms with Crippen molar-refractivity contribution in [3.8, 4) is 0 Å². The highest BCUT2D eigenvalue weighted by Crippen LogP contribution is 2.80. The van der Waals surface area contributed by atoms with Gasteiger partial charge in [0.05, 0.1) is 6.61 Å². The lowest BCUT2D eigenvalue weighted by molar-refractivity contribution is -0.141. The van der Waals surface area contributed by atoms with Crippen LogP contribution in [-0.4, -0.2) is 12.6 Å². The number of esters is 1. The molecule has 0 aliphatic heterocycles. The quantitative estimate of drug-likeness (QED) is 0.528. The summed E-state index contributed by atoms with van der Waals surface area (Å²) in [5, 5.41) is 0. The van der Waals surface area contributed by atoms with E-state index in [4.69, 9.17) is 4.74 Å². The van der Waals surface area contributed by atoms with Crippen molar-refractivity contribution in [1.82, 2.24) is 0 Å². The van der Waals surface area contributed by atoms with Crippen LogP contribution in [-0.2, 0) is 9.53 Å². The van der Waals surface area contributed by atoms with E-state index in [1.54, 1.807) is 0 Å². The van der Waals surface area contributed by atoms with Crippen LogP contribution in [0.1, 0.15) is 45.4 Å². The van der Waals surface area contributed by atoms with Gasteiger partial charge >= 0.3 is 5.97 Å². The van der Waals surface area contributed by atoms with E-state index in [0.717, 1.165) is 0 Å². The Hall–Kier alpha value is -0.790. The zero-order valence-corrected chi connectivity index (χ0v) is 10.00. The van der Waals surface area contributed by atoms with E-state index < -0.39 is 0 Å². The van der Waals surface area contributed by atoms with Crippen molar-refractivity contribution >= 4 is 5.97 Å². The number of rotatable bonds is 2. The fourth-order valence-corrected chi connectivity index (χ4v) is 4.57. The summed E-state index contributed by atoms with van der Waals surface area (Å²) in [5.74, 6) is 0.516. The fourth-order valence-electron chi connectivity index (χ4n) is 4.57. The lowest BCUT2D eigenvalue weighted by atomic mass is 9.73. The van der Waals surface area contributed by atoms with Gasteiger partial charge in [-0.2, -0.15) is 0 Å². The van der Waals surface area contributed by atoms with Crippen LogP contribution in [0.5, 0.6) is 0 Å². The van der Waals surface area contributed by atoms with Gasteiger partial charge in [-0.15, -0.1) is 0 Å². The molecule has 0 radical (unpaired) electrons. The largest absolute Gasteiger partial charge is 0.466 e. The smallest absolute Gasteiger partial charge is 0.302 e. The first kappa shape index (κ1) is 10.4. The van der Waals surface area contributed by atoms with Gasteiger partial charge in [-0.25, -0.2) is 0 Å². The maximum atomic E-state index is 10.9. The number of carbonyl (C=O) groups excluding carboxylic acids is 1. The Labute approximate surface area is 97.1 Å². The summed E-state index contributed by atoms with van der Waals surface area (Å²) in [6, 6.07) is 0. The highest BCUT2D eigenvalue weighted by molar-refractivity contribution is 5.66. The third-order valence-corrected chi connectivity index (χ3v) is 5.32. The zero-order valence-electron chi connectivity index (χ0n) is 10.00. The van der Waals surface area contributed by atoms with Crippen LogP contribution >= 0.6 is 0 Å². The van der Waals surface area contributed by atoms with E-state index in [-0.39, 0.29) is 5.97 Å². The van der Waals surface area contributed by atoms with Gasteiger partial charge in [0, 0.05) is 12.8 Å². The normalized spacial score (nSPS) is 44.4. The highest BCUT2D eigenvalue weighted by atomic mass is 16.5. The molecule has 2 atom stereocenters. The molecule has 0 heterocycles. The molecule has 0 bridgehead atoms. The first-order valence-corrected chi connectivity index (χ1v) is 6.50. The molecule has 0 aromatic carbocycles. The lowest BCUT2D eigenvalue weighted by Gasteiger charge is -2.31. The van der Waals surface area contributed by atoms with Crippen molar-refractivity contribution in [2.75, 3.05) is 6.61 Å². The summed E-state index contributed by atoms with van der Waals surface area (Å²) < 4.78 is 5.27. The molecule has 0 amide bonds. The van der Waals surface area contributed by atoms with Gasteiger partial charge in [-0.1, -0.05) is 25.0 Å². The van der Waals surface area contributed by atoms with Gasteiger partial charge in [-0.05, 0) is 36.5 Å². The molecule has 0 unspecified atom stereocenters. The molecule has 2 nitrogen and oxygen atoms in total. The number of hydrogen-bond donors (Lipinski definition) is 0. The molecule has 2 fully saturated rings. The molecule has 0 aromatic rings. The van der Waals surface area contributed by atoms with Crippen molar-refractivity contribution in [3.05, 3.63) is 12.2 Å².